The largest absolute Gasteiger partial charge is 0.339 e. The van der Waals surface area contributed by atoms with Gasteiger partial charge in [-0.05, 0) is 11.6 Å². The number of likely N-dealkylation sites (N-methyl/N-ethyl adjacent to an activating group) is 1. The van der Waals surface area contributed by atoms with Crippen LogP contribution in [-0.4, -0.2) is 35.7 Å². The van der Waals surface area contributed by atoms with E-state index in [1.165, 1.54) is 18.4 Å². The number of fused-ring (bicyclic) bond motifs is 1. The van der Waals surface area contributed by atoms with Crippen molar-refractivity contribution in [1.82, 2.24) is 15.5 Å². The third-order valence-electron chi connectivity index (χ3n) is 3.41. The van der Waals surface area contributed by atoms with E-state index in [-0.39, 0.29) is 24.1 Å². The first-order valence-corrected chi connectivity index (χ1v) is 6.81. The van der Waals surface area contributed by atoms with Crippen molar-refractivity contribution in [1.29, 1.82) is 0 Å². The summed E-state index contributed by atoms with van der Waals surface area (Å²) in [5.74, 6) is -0.877. The number of nitrogens with zero attached hydrogens (tertiary/aromatic N) is 1. The fourth-order valence-electron chi connectivity index (χ4n) is 2.29. The van der Waals surface area contributed by atoms with Crippen molar-refractivity contribution in [2.24, 2.45) is 0 Å². The van der Waals surface area contributed by atoms with Gasteiger partial charge in [0.05, 0.1) is 11.3 Å². The zero-order valence-electron chi connectivity index (χ0n) is 10.4. The van der Waals surface area contributed by atoms with Crippen LogP contribution in [-0.2, 0) is 22.7 Å². The van der Waals surface area contributed by atoms with Crippen LogP contribution in [0.2, 0.25) is 0 Å². The molecule has 0 aromatic carbocycles. The molecular formula is C12H13N3O3S. The van der Waals surface area contributed by atoms with Crippen LogP contribution in [0, 0.1) is 0 Å². The van der Waals surface area contributed by atoms with E-state index < -0.39 is 6.04 Å². The molecule has 0 saturated carbocycles. The van der Waals surface area contributed by atoms with Crippen LogP contribution >= 0.6 is 11.3 Å². The number of hydrogen-bond acceptors (Lipinski definition) is 5. The molecule has 0 radical (unpaired) electrons. The van der Waals surface area contributed by atoms with Gasteiger partial charge in [-0.3, -0.25) is 19.3 Å². The van der Waals surface area contributed by atoms with Gasteiger partial charge in [0.25, 0.3) is 11.8 Å². The van der Waals surface area contributed by atoms with Gasteiger partial charge in [0.1, 0.15) is 6.04 Å². The van der Waals surface area contributed by atoms with Crippen LogP contribution in [0.25, 0.3) is 0 Å². The maximum atomic E-state index is 12.1. The Labute approximate surface area is 113 Å². The number of amides is 3. The molecule has 2 N–H and O–H groups in total. The molecule has 3 rings (SSSR count). The minimum Gasteiger partial charge on any atom is -0.339 e. The second-order valence-corrected chi connectivity index (χ2v) is 5.82. The number of thiophene rings is 1. The summed E-state index contributed by atoms with van der Waals surface area (Å²) < 4.78 is 0. The highest BCUT2D eigenvalue weighted by molar-refractivity contribution is 7.14. The van der Waals surface area contributed by atoms with E-state index in [0.29, 0.717) is 4.88 Å². The Hall–Kier alpha value is -1.73. The molecule has 6 nitrogen and oxygen atoms in total. The molecule has 3 amide bonds. The molecule has 3 heterocycles. The highest BCUT2D eigenvalue weighted by atomic mass is 32.1. The number of likely N-dealkylation sites (tertiary alicyclic amines) is 1. The molecule has 1 fully saturated rings. The first-order chi connectivity index (χ1) is 9.06. The molecule has 1 atom stereocenters. The fraction of sp³-hybridized carbons (Fsp3) is 0.417. The van der Waals surface area contributed by atoms with Gasteiger partial charge < -0.3 is 10.6 Å². The summed E-state index contributed by atoms with van der Waals surface area (Å²) in [6.07, 6.45) is 0.0493. The minimum absolute atomic E-state index is 0.0493. The van der Waals surface area contributed by atoms with E-state index in [1.54, 1.807) is 0 Å². The molecule has 1 saturated heterocycles. The summed E-state index contributed by atoms with van der Waals surface area (Å²) in [6, 6.07) is 1.13. The normalized spacial score (nSPS) is 21.9. The maximum Gasteiger partial charge on any atom is 0.262 e. The first-order valence-electron chi connectivity index (χ1n) is 6.00. The average Bonchev–Trinajstić information content (AvgIpc) is 3.00. The molecule has 100 valence electrons. The van der Waals surface area contributed by atoms with E-state index >= 15 is 0 Å². The Morgan fingerprint density at radius 2 is 2.26 bits per heavy atom. The van der Waals surface area contributed by atoms with Gasteiger partial charge in [-0.25, -0.2) is 0 Å². The SMILES string of the molecule is CN1C(=O)CC(NC(=O)c2cc3c(s2)CNC3)C1=O. The number of nitrogens with one attached hydrogen (secondary N) is 2. The quantitative estimate of drug-likeness (QED) is 0.737. The van der Waals surface area contributed by atoms with Gasteiger partial charge in [0, 0.05) is 25.0 Å². The van der Waals surface area contributed by atoms with Crippen LogP contribution in [0.4, 0.5) is 0 Å². The van der Waals surface area contributed by atoms with E-state index in [9.17, 15) is 14.4 Å². The fourth-order valence-corrected chi connectivity index (χ4v) is 3.34. The summed E-state index contributed by atoms with van der Waals surface area (Å²) in [4.78, 5) is 38.0. The summed E-state index contributed by atoms with van der Waals surface area (Å²) in [7, 11) is 1.43. The topological polar surface area (TPSA) is 78.5 Å². The van der Waals surface area contributed by atoms with Gasteiger partial charge in [-0.15, -0.1) is 11.3 Å². The van der Waals surface area contributed by atoms with Gasteiger partial charge in [-0.2, -0.15) is 0 Å². The van der Waals surface area contributed by atoms with E-state index in [0.717, 1.165) is 28.4 Å². The monoisotopic (exact) mass is 279 g/mol. The predicted molar refractivity (Wildman–Crippen MR) is 68.5 cm³/mol. The molecular weight excluding hydrogens is 266 g/mol. The predicted octanol–water partition coefficient (Wildman–Crippen LogP) is -0.162. The van der Waals surface area contributed by atoms with Gasteiger partial charge >= 0.3 is 0 Å². The molecule has 1 aromatic rings. The zero-order valence-corrected chi connectivity index (χ0v) is 11.2. The second-order valence-electron chi connectivity index (χ2n) is 4.68. The zero-order chi connectivity index (χ0) is 13.6. The van der Waals surface area contributed by atoms with Crippen LogP contribution in [0.1, 0.15) is 26.5 Å². The number of rotatable bonds is 2. The van der Waals surface area contributed by atoms with E-state index in [1.807, 2.05) is 6.07 Å². The molecule has 1 unspecified atom stereocenters. The maximum absolute atomic E-state index is 12.1. The Morgan fingerprint density at radius 1 is 1.47 bits per heavy atom. The third kappa shape index (κ3) is 2.04. The Balaban J connectivity index is 1.71. The lowest BCUT2D eigenvalue weighted by Gasteiger charge is -2.10. The van der Waals surface area contributed by atoms with Crippen LogP contribution in [0.5, 0.6) is 0 Å². The van der Waals surface area contributed by atoms with Crippen LogP contribution in [0.15, 0.2) is 6.07 Å². The molecule has 1 aromatic heterocycles. The van der Waals surface area contributed by atoms with Crippen molar-refractivity contribution in [3.05, 3.63) is 21.4 Å². The number of carbonyl (C=O) groups is 3. The lowest BCUT2D eigenvalue weighted by Crippen LogP contribution is -2.40. The summed E-state index contributed by atoms with van der Waals surface area (Å²) in [5.41, 5.74) is 1.14. The van der Waals surface area contributed by atoms with E-state index in [4.69, 9.17) is 0 Å². The van der Waals surface area contributed by atoms with Crippen LogP contribution in [0.3, 0.4) is 0 Å². The van der Waals surface area contributed by atoms with Crippen molar-refractivity contribution < 1.29 is 14.4 Å². The van der Waals surface area contributed by atoms with Crippen molar-refractivity contribution in [2.45, 2.75) is 25.6 Å². The lowest BCUT2D eigenvalue weighted by molar-refractivity contribution is -0.137. The van der Waals surface area contributed by atoms with Crippen molar-refractivity contribution in [3.8, 4) is 0 Å². The Bertz CT molecular complexity index is 559. The highest BCUT2D eigenvalue weighted by Gasteiger charge is 2.37. The third-order valence-corrected chi connectivity index (χ3v) is 4.58. The Morgan fingerprint density at radius 3 is 2.89 bits per heavy atom. The van der Waals surface area contributed by atoms with Gasteiger partial charge in [-0.1, -0.05) is 0 Å². The number of imide groups is 1. The van der Waals surface area contributed by atoms with Crippen molar-refractivity contribution in [3.63, 3.8) is 0 Å². The lowest BCUT2D eigenvalue weighted by atomic mass is 10.2. The standard InChI is InChI=1S/C12H13N3O3S/c1-15-10(16)3-7(12(15)18)14-11(17)8-2-6-4-13-5-9(6)19-8/h2,7,13H,3-5H2,1H3,(H,14,17). The van der Waals surface area contributed by atoms with Gasteiger partial charge in [0.15, 0.2) is 0 Å². The molecule has 19 heavy (non-hydrogen) atoms. The van der Waals surface area contributed by atoms with Gasteiger partial charge in [0.2, 0.25) is 5.91 Å². The number of hydrogen-bond donors (Lipinski definition) is 2. The molecule has 7 heteroatoms. The summed E-state index contributed by atoms with van der Waals surface area (Å²) in [6.45, 7) is 1.57. The van der Waals surface area contributed by atoms with Crippen LogP contribution < -0.4 is 10.6 Å². The molecule has 0 bridgehead atoms. The molecule has 2 aliphatic rings. The Kier molecular flexibility index (Phi) is 2.87. The average molecular weight is 279 g/mol. The summed E-state index contributed by atoms with van der Waals surface area (Å²) >= 11 is 1.43. The first kappa shape index (κ1) is 12.3. The highest BCUT2D eigenvalue weighted by Crippen LogP contribution is 2.26. The number of carbonyl (C=O) groups excluding carboxylic acids is 3. The molecule has 0 aliphatic carbocycles. The molecule has 0 spiro atoms. The van der Waals surface area contributed by atoms with Crippen molar-refractivity contribution in [2.75, 3.05) is 7.05 Å². The smallest absolute Gasteiger partial charge is 0.262 e. The summed E-state index contributed by atoms with van der Waals surface area (Å²) in [5, 5.41) is 5.83. The second kappa shape index (κ2) is 4.43. The van der Waals surface area contributed by atoms with Crippen molar-refractivity contribution >= 4 is 29.1 Å². The molecule has 2 aliphatic heterocycles. The minimum atomic E-state index is -0.722. The van der Waals surface area contributed by atoms with E-state index in [2.05, 4.69) is 10.6 Å².